The molecule has 0 saturated carbocycles. The van der Waals surface area contributed by atoms with Crippen LogP contribution in [-0.2, 0) is 11.0 Å². The van der Waals surface area contributed by atoms with E-state index in [-0.39, 0.29) is 16.8 Å². The number of alkyl halides is 3. The van der Waals surface area contributed by atoms with Gasteiger partial charge in [0.25, 0.3) is 0 Å². The standard InChI is InChI=1S/C14H13F3N2S.C10H9NO2S/c1-18-10-6-8-11(9-7-10)20-19-13-5-3-2-4-12(13)14(15,16)17;1-6-10(13)11-8-4-7(5-12)2-3-9(8)14-6/h2-9,18-19H,1H3;2-6H,1H3,(H,11,13). The molecule has 5 nitrogen and oxygen atoms in total. The number of benzene rings is 3. The molecule has 0 radical (unpaired) electrons. The number of amides is 1. The van der Waals surface area contributed by atoms with Crippen molar-refractivity contribution >= 4 is 53.0 Å². The van der Waals surface area contributed by atoms with E-state index in [1.54, 1.807) is 25.2 Å². The van der Waals surface area contributed by atoms with Gasteiger partial charge in [-0.05, 0) is 67.4 Å². The lowest BCUT2D eigenvalue weighted by molar-refractivity contribution is -0.136. The SMILES string of the molecule is CC1Sc2ccc(C=O)cc2NC1=O.CNc1ccc(SNc2ccccc2C(F)(F)F)cc1. The molecule has 0 aromatic heterocycles. The number of hydrogen-bond donors (Lipinski definition) is 3. The molecule has 0 fully saturated rings. The highest BCUT2D eigenvalue weighted by molar-refractivity contribution is 8.01. The minimum absolute atomic E-state index is 0.00875. The predicted molar refractivity (Wildman–Crippen MR) is 133 cm³/mol. The zero-order valence-electron chi connectivity index (χ0n) is 18.3. The summed E-state index contributed by atoms with van der Waals surface area (Å²) >= 11 is 2.66. The summed E-state index contributed by atoms with van der Waals surface area (Å²) in [5.41, 5.74) is 1.66. The predicted octanol–water partition coefficient (Wildman–Crippen LogP) is 6.80. The van der Waals surface area contributed by atoms with Gasteiger partial charge in [0.15, 0.2) is 0 Å². The number of fused-ring (bicyclic) bond motifs is 1. The second-order valence-electron chi connectivity index (χ2n) is 7.14. The lowest BCUT2D eigenvalue weighted by Crippen LogP contribution is -2.26. The van der Waals surface area contributed by atoms with E-state index in [9.17, 15) is 22.8 Å². The number of nitrogens with one attached hydrogen (secondary N) is 3. The van der Waals surface area contributed by atoms with Gasteiger partial charge in [-0.15, -0.1) is 11.8 Å². The number of para-hydroxylation sites is 1. The largest absolute Gasteiger partial charge is 0.418 e. The van der Waals surface area contributed by atoms with Crippen LogP contribution in [0.3, 0.4) is 0 Å². The molecule has 3 N–H and O–H groups in total. The molecule has 0 spiro atoms. The highest BCUT2D eigenvalue weighted by atomic mass is 32.2. The van der Waals surface area contributed by atoms with Crippen molar-refractivity contribution in [3.63, 3.8) is 0 Å². The molecule has 3 aromatic rings. The average molecular weight is 506 g/mol. The number of hydrogen-bond acceptors (Lipinski definition) is 6. The van der Waals surface area contributed by atoms with Crippen LogP contribution in [0.15, 0.2) is 76.5 Å². The summed E-state index contributed by atoms with van der Waals surface area (Å²) in [5.74, 6) is -0.00875. The molecule has 10 heteroatoms. The first-order valence-electron chi connectivity index (χ1n) is 10.1. The molecule has 1 atom stereocenters. The zero-order valence-corrected chi connectivity index (χ0v) is 19.9. The van der Waals surface area contributed by atoms with Crippen molar-refractivity contribution in [1.29, 1.82) is 0 Å². The van der Waals surface area contributed by atoms with Crippen LogP contribution in [-0.4, -0.2) is 24.5 Å². The Balaban J connectivity index is 0.000000202. The zero-order chi connectivity index (χ0) is 24.7. The van der Waals surface area contributed by atoms with Gasteiger partial charge in [-0.3, -0.25) is 9.59 Å². The molecule has 0 saturated heterocycles. The van der Waals surface area contributed by atoms with E-state index in [4.69, 9.17) is 0 Å². The second kappa shape index (κ2) is 11.3. The van der Waals surface area contributed by atoms with Gasteiger partial charge in [-0.1, -0.05) is 18.2 Å². The minimum Gasteiger partial charge on any atom is -0.388 e. The van der Waals surface area contributed by atoms with E-state index in [0.717, 1.165) is 45.5 Å². The number of halogens is 3. The fourth-order valence-corrected chi connectivity index (χ4v) is 4.53. The Morgan fingerprint density at radius 3 is 2.41 bits per heavy atom. The van der Waals surface area contributed by atoms with Gasteiger partial charge in [-0.25, -0.2) is 0 Å². The molecule has 1 aliphatic heterocycles. The lowest BCUT2D eigenvalue weighted by atomic mass is 10.2. The first-order valence-corrected chi connectivity index (χ1v) is 11.8. The van der Waals surface area contributed by atoms with Gasteiger partial charge in [0, 0.05) is 28.1 Å². The summed E-state index contributed by atoms with van der Waals surface area (Å²) in [6.07, 6.45) is -3.59. The maximum atomic E-state index is 12.8. The third-order valence-corrected chi connectivity index (χ3v) is 6.73. The summed E-state index contributed by atoms with van der Waals surface area (Å²) < 4.78 is 41.2. The molecule has 34 heavy (non-hydrogen) atoms. The number of carbonyl (C=O) groups is 2. The van der Waals surface area contributed by atoms with Crippen molar-refractivity contribution in [1.82, 2.24) is 0 Å². The molecular formula is C24H22F3N3O2S2. The Hall–Kier alpha value is -3.11. The maximum Gasteiger partial charge on any atom is 0.418 e. The highest BCUT2D eigenvalue weighted by Crippen LogP contribution is 2.37. The van der Waals surface area contributed by atoms with E-state index in [2.05, 4.69) is 15.4 Å². The minimum atomic E-state index is -4.36. The van der Waals surface area contributed by atoms with E-state index in [1.165, 1.54) is 23.9 Å². The van der Waals surface area contributed by atoms with E-state index in [1.807, 2.05) is 37.3 Å². The molecule has 1 heterocycles. The van der Waals surface area contributed by atoms with Crippen LogP contribution in [0.4, 0.5) is 30.2 Å². The molecule has 0 bridgehead atoms. The Bertz CT molecular complexity index is 1150. The van der Waals surface area contributed by atoms with Crippen LogP contribution in [0.5, 0.6) is 0 Å². The Morgan fingerprint density at radius 1 is 1.06 bits per heavy atom. The summed E-state index contributed by atoms with van der Waals surface area (Å²) in [5, 5.41) is 5.68. The monoisotopic (exact) mass is 505 g/mol. The molecular weight excluding hydrogens is 483 g/mol. The van der Waals surface area contributed by atoms with Crippen LogP contribution >= 0.6 is 23.7 Å². The number of carbonyl (C=O) groups excluding carboxylic acids is 2. The summed E-state index contributed by atoms with van der Waals surface area (Å²) in [6, 6.07) is 18.1. The van der Waals surface area contributed by atoms with Crippen molar-refractivity contribution in [2.75, 3.05) is 22.4 Å². The molecule has 1 aliphatic rings. The molecule has 3 aromatic carbocycles. The van der Waals surface area contributed by atoms with Crippen molar-refractivity contribution in [3.8, 4) is 0 Å². The first-order chi connectivity index (χ1) is 16.2. The van der Waals surface area contributed by atoms with E-state index < -0.39 is 11.7 Å². The van der Waals surface area contributed by atoms with E-state index in [0.29, 0.717) is 5.56 Å². The molecule has 178 valence electrons. The van der Waals surface area contributed by atoms with Gasteiger partial charge in [0.05, 0.1) is 22.2 Å². The van der Waals surface area contributed by atoms with E-state index >= 15 is 0 Å². The fourth-order valence-electron chi connectivity index (χ4n) is 2.92. The summed E-state index contributed by atoms with van der Waals surface area (Å²) in [4.78, 5) is 23.7. The topological polar surface area (TPSA) is 70.2 Å². The first kappa shape index (κ1) is 25.5. The summed E-state index contributed by atoms with van der Waals surface area (Å²) in [6.45, 7) is 1.86. The number of anilines is 3. The van der Waals surface area contributed by atoms with Gasteiger partial charge in [0.1, 0.15) is 6.29 Å². The number of thioether (sulfide) groups is 1. The van der Waals surface area contributed by atoms with Crippen molar-refractivity contribution < 1.29 is 22.8 Å². The molecule has 1 amide bonds. The van der Waals surface area contributed by atoms with Gasteiger partial charge >= 0.3 is 6.18 Å². The van der Waals surface area contributed by atoms with Gasteiger partial charge in [-0.2, -0.15) is 13.2 Å². The Kier molecular flexibility index (Phi) is 8.51. The normalized spacial score (nSPS) is 14.7. The maximum absolute atomic E-state index is 12.8. The van der Waals surface area contributed by atoms with Crippen molar-refractivity contribution in [2.24, 2.45) is 0 Å². The second-order valence-corrected chi connectivity index (χ2v) is 9.41. The Morgan fingerprint density at radius 2 is 1.76 bits per heavy atom. The smallest absolute Gasteiger partial charge is 0.388 e. The Labute approximate surface area is 204 Å². The molecule has 4 rings (SSSR count). The molecule has 0 aliphatic carbocycles. The van der Waals surface area contributed by atoms with Gasteiger partial charge < -0.3 is 15.4 Å². The van der Waals surface area contributed by atoms with Crippen LogP contribution in [0.1, 0.15) is 22.8 Å². The van der Waals surface area contributed by atoms with Crippen molar-refractivity contribution in [3.05, 3.63) is 77.9 Å². The lowest BCUT2D eigenvalue weighted by Gasteiger charge is -2.21. The summed E-state index contributed by atoms with van der Waals surface area (Å²) in [7, 11) is 1.81. The van der Waals surface area contributed by atoms with Crippen LogP contribution < -0.4 is 15.4 Å². The fraction of sp³-hybridized carbons (Fsp3) is 0.167. The third kappa shape index (κ3) is 6.71. The van der Waals surface area contributed by atoms with Gasteiger partial charge in [0.2, 0.25) is 5.91 Å². The van der Waals surface area contributed by atoms with Crippen molar-refractivity contribution in [2.45, 2.75) is 28.1 Å². The number of rotatable bonds is 5. The number of aldehydes is 1. The average Bonchev–Trinajstić information content (AvgIpc) is 2.83. The highest BCUT2D eigenvalue weighted by Gasteiger charge is 2.33. The van der Waals surface area contributed by atoms with Crippen LogP contribution in [0.2, 0.25) is 0 Å². The molecule has 1 unspecified atom stereocenters. The van der Waals surface area contributed by atoms with Crippen LogP contribution in [0, 0.1) is 0 Å². The third-order valence-electron chi connectivity index (χ3n) is 4.72. The quantitative estimate of drug-likeness (QED) is 0.262. The van der Waals surface area contributed by atoms with Crippen LogP contribution in [0.25, 0.3) is 0 Å².